The maximum Gasteiger partial charge on any atom is 0.239 e. The molecule has 164 valence electrons. The average molecular weight is 416 g/mol. The number of benzene rings is 1. The summed E-state index contributed by atoms with van der Waals surface area (Å²) in [4.78, 5) is 30.9. The summed E-state index contributed by atoms with van der Waals surface area (Å²) >= 11 is 0. The quantitative estimate of drug-likeness (QED) is 0.461. The number of guanidine groups is 1. The summed E-state index contributed by atoms with van der Waals surface area (Å²) in [6, 6.07) is 7.74. The van der Waals surface area contributed by atoms with Crippen LogP contribution >= 0.6 is 0 Å². The van der Waals surface area contributed by atoms with Crippen molar-refractivity contribution in [3.63, 3.8) is 0 Å². The number of nitrogens with one attached hydrogen (secondary N) is 3. The van der Waals surface area contributed by atoms with Gasteiger partial charge in [0.1, 0.15) is 5.75 Å². The topological polar surface area (TPSA) is 95.1 Å². The molecule has 1 atom stereocenters. The van der Waals surface area contributed by atoms with Crippen LogP contribution in [0.5, 0.6) is 5.75 Å². The number of hydrogen-bond acceptors (Lipinski definition) is 4. The Morgan fingerprint density at radius 1 is 1.13 bits per heavy atom. The molecule has 1 saturated carbocycles. The van der Waals surface area contributed by atoms with Crippen molar-refractivity contribution in [2.75, 3.05) is 33.8 Å². The highest BCUT2D eigenvalue weighted by molar-refractivity contribution is 5.86. The number of carbonyl (C=O) groups is 2. The van der Waals surface area contributed by atoms with Crippen LogP contribution in [-0.2, 0) is 16.1 Å². The van der Waals surface area contributed by atoms with Crippen molar-refractivity contribution in [1.29, 1.82) is 0 Å². The lowest BCUT2D eigenvalue weighted by atomic mass is 10.1. The molecule has 0 bridgehead atoms. The Balaban J connectivity index is 1.37. The fourth-order valence-electron chi connectivity index (χ4n) is 4.07. The third-order valence-corrected chi connectivity index (χ3v) is 5.83. The number of carbonyl (C=O) groups excluding carboxylic acids is 2. The third kappa shape index (κ3) is 6.11. The minimum absolute atomic E-state index is 0.113. The van der Waals surface area contributed by atoms with E-state index in [4.69, 9.17) is 4.74 Å². The number of ether oxygens (including phenoxy) is 1. The first-order chi connectivity index (χ1) is 14.6. The normalized spacial score (nSPS) is 19.6. The Kier molecular flexibility index (Phi) is 7.93. The first-order valence-corrected chi connectivity index (χ1v) is 10.7. The molecule has 1 aliphatic carbocycles. The highest BCUT2D eigenvalue weighted by Gasteiger charge is 2.32. The number of nitrogens with zero attached hydrogens (tertiary/aromatic N) is 2. The number of amides is 2. The fraction of sp³-hybridized carbons (Fsp3) is 0.591. The molecule has 0 spiro atoms. The molecule has 1 heterocycles. The molecule has 1 unspecified atom stereocenters. The summed E-state index contributed by atoms with van der Waals surface area (Å²) in [5, 5.41) is 9.27. The minimum Gasteiger partial charge on any atom is -0.497 e. The Morgan fingerprint density at radius 3 is 2.53 bits per heavy atom. The Bertz CT molecular complexity index is 744. The molecule has 2 amide bonds. The SMILES string of the molecule is CN=C(NCC(=O)NCc1ccc(OC)cc1)NC1CCN(C(=O)C2CCCC2)C1. The lowest BCUT2D eigenvalue weighted by Gasteiger charge is -2.21. The molecule has 0 radical (unpaired) electrons. The first-order valence-electron chi connectivity index (χ1n) is 10.7. The van der Waals surface area contributed by atoms with Crippen LogP contribution in [0, 0.1) is 5.92 Å². The zero-order valence-corrected chi connectivity index (χ0v) is 17.9. The van der Waals surface area contributed by atoms with Crippen LogP contribution in [0.15, 0.2) is 29.3 Å². The van der Waals surface area contributed by atoms with Gasteiger partial charge in [-0.05, 0) is 37.0 Å². The molecule has 0 aromatic heterocycles. The van der Waals surface area contributed by atoms with E-state index in [1.165, 1.54) is 12.8 Å². The van der Waals surface area contributed by atoms with Crippen LogP contribution in [0.4, 0.5) is 0 Å². The van der Waals surface area contributed by atoms with E-state index in [9.17, 15) is 9.59 Å². The van der Waals surface area contributed by atoms with Gasteiger partial charge in [-0.2, -0.15) is 0 Å². The standard InChI is InChI=1S/C22H33N5O3/c1-23-22(25-14-20(28)24-13-16-7-9-19(30-2)10-8-16)26-18-11-12-27(15-18)21(29)17-5-3-4-6-17/h7-10,17-18H,3-6,11-15H2,1-2H3,(H,24,28)(H2,23,25,26). The van der Waals surface area contributed by atoms with E-state index in [-0.39, 0.29) is 24.4 Å². The minimum atomic E-state index is -0.113. The second-order valence-corrected chi connectivity index (χ2v) is 7.95. The monoisotopic (exact) mass is 415 g/mol. The van der Waals surface area contributed by atoms with Crippen LogP contribution < -0.4 is 20.7 Å². The van der Waals surface area contributed by atoms with E-state index in [2.05, 4.69) is 20.9 Å². The fourth-order valence-corrected chi connectivity index (χ4v) is 4.07. The highest BCUT2D eigenvalue weighted by Crippen LogP contribution is 2.27. The van der Waals surface area contributed by atoms with Crippen LogP contribution in [0.1, 0.15) is 37.7 Å². The molecular weight excluding hydrogens is 382 g/mol. The lowest BCUT2D eigenvalue weighted by Crippen LogP contribution is -2.48. The molecule has 3 rings (SSSR count). The van der Waals surface area contributed by atoms with Crippen LogP contribution in [0.25, 0.3) is 0 Å². The van der Waals surface area contributed by atoms with Gasteiger partial charge in [-0.1, -0.05) is 25.0 Å². The number of rotatable bonds is 7. The predicted molar refractivity (Wildman–Crippen MR) is 116 cm³/mol. The number of methoxy groups -OCH3 is 1. The van der Waals surface area contributed by atoms with Gasteiger partial charge in [0.05, 0.1) is 13.7 Å². The molecule has 2 aliphatic rings. The molecule has 30 heavy (non-hydrogen) atoms. The van der Waals surface area contributed by atoms with Crippen LogP contribution in [0.3, 0.4) is 0 Å². The van der Waals surface area contributed by atoms with E-state index in [0.29, 0.717) is 25.0 Å². The number of aliphatic imine (C=N–C) groups is 1. The van der Waals surface area contributed by atoms with Gasteiger partial charge in [-0.25, -0.2) is 0 Å². The van der Waals surface area contributed by atoms with E-state index in [1.54, 1.807) is 14.2 Å². The van der Waals surface area contributed by atoms with Crippen LogP contribution in [0.2, 0.25) is 0 Å². The molecule has 1 saturated heterocycles. The molecule has 8 nitrogen and oxygen atoms in total. The summed E-state index contributed by atoms with van der Waals surface area (Å²) in [5.41, 5.74) is 1.00. The van der Waals surface area contributed by atoms with Gasteiger partial charge in [-0.3, -0.25) is 14.6 Å². The van der Waals surface area contributed by atoms with Gasteiger partial charge < -0.3 is 25.6 Å². The zero-order valence-electron chi connectivity index (χ0n) is 17.9. The van der Waals surface area contributed by atoms with E-state index in [1.807, 2.05) is 29.2 Å². The van der Waals surface area contributed by atoms with Crippen molar-refractivity contribution in [3.05, 3.63) is 29.8 Å². The summed E-state index contributed by atoms with van der Waals surface area (Å²) in [5.74, 6) is 1.78. The maximum absolute atomic E-state index is 12.6. The van der Waals surface area contributed by atoms with Crippen molar-refractivity contribution >= 4 is 17.8 Å². The summed E-state index contributed by atoms with van der Waals surface area (Å²) < 4.78 is 5.13. The number of likely N-dealkylation sites (tertiary alicyclic amines) is 1. The van der Waals surface area contributed by atoms with Crippen molar-refractivity contribution in [2.45, 2.75) is 44.7 Å². The van der Waals surface area contributed by atoms with E-state index < -0.39 is 0 Å². The van der Waals surface area contributed by atoms with Gasteiger partial charge >= 0.3 is 0 Å². The predicted octanol–water partition coefficient (Wildman–Crippen LogP) is 1.27. The van der Waals surface area contributed by atoms with Gasteiger partial charge in [-0.15, -0.1) is 0 Å². The van der Waals surface area contributed by atoms with Gasteiger partial charge in [0.25, 0.3) is 0 Å². The molecule has 8 heteroatoms. The average Bonchev–Trinajstić information content (AvgIpc) is 3.47. The zero-order chi connectivity index (χ0) is 21.3. The number of hydrogen-bond donors (Lipinski definition) is 3. The molecule has 1 aromatic carbocycles. The maximum atomic E-state index is 12.6. The molecule has 3 N–H and O–H groups in total. The third-order valence-electron chi connectivity index (χ3n) is 5.83. The summed E-state index contributed by atoms with van der Waals surface area (Å²) in [7, 11) is 3.31. The van der Waals surface area contributed by atoms with Crippen molar-refractivity contribution in [1.82, 2.24) is 20.9 Å². The molecule has 1 aliphatic heterocycles. The molecule has 2 fully saturated rings. The first kappa shape index (κ1) is 21.9. The van der Waals surface area contributed by atoms with E-state index in [0.717, 1.165) is 37.1 Å². The molecule has 1 aromatic rings. The Morgan fingerprint density at radius 2 is 1.87 bits per heavy atom. The van der Waals surface area contributed by atoms with Crippen molar-refractivity contribution < 1.29 is 14.3 Å². The highest BCUT2D eigenvalue weighted by atomic mass is 16.5. The summed E-state index contributed by atoms with van der Waals surface area (Å²) in [6.45, 7) is 2.07. The molecular formula is C22H33N5O3. The Hall–Kier alpha value is -2.77. The van der Waals surface area contributed by atoms with Gasteiger partial charge in [0.2, 0.25) is 11.8 Å². The summed E-state index contributed by atoms with van der Waals surface area (Å²) in [6.07, 6.45) is 5.29. The largest absolute Gasteiger partial charge is 0.497 e. The second-order valence-electron chi connectivity index (χ2n) is 7.95. The van der Waals surface area contributed by atoms with Crippen LogP contribution in [-0.4, -0.2) is 62.5 Å². The van der Waals surface area contributed by atoms with E-state index >= 15 is 0 Å². The smallest absolute Gasteiger partial charge is 0.239 e. The Labute approximate surface area is 178 Å². The van der Waals surface area contributed by atoms with Crippen molar-refractivity contribution in [2.24, 2.45) is 10.9 Å². The van der Waals surface area contributed by atoms with Crippen molar-refractivity contribution in [3.8, 4) is 5.75 Å². The van der Waals surface area contributed by atoms with Gasteiger partial charge in [0, 0.05) is 38.6 Å². The lowest BCUT2D eigenvalue weighted by molar-refractivity contribution is -0.134. The van der Waals surface area contributed by atoms with Gasteiger partial charge in [0.15, 0.2) is 5.96 Å². The second kappa shape index (κ2) is 10.8.